The number of carbonyl (C=O) groups is 1. The van der Waals surface area contributed by atoms with Gasteiger partial charge in [0, 0.05) is 32.7 Å². The first-order valence-electron chi connectivity index (χ1n) is 7.74. The van der Waals surface area contributed by atoms with E-state index in [2.05, 4.69) is 5.32 Å². The second kappa shape index (κ2) is 6.43. The van der Waals surface area contributed by atoms with Crippen molar-refractivity contribution < 1.29 is 9.18 Å². The summed E-state index contributed by atoms with van der Waals surface area (Å²) >= 11 is 0. The molecule has 2 heterocycles. The van der Waals surface area contributed by atoms with Crippen LogP contribution in [-0.4, -0.2) is 50.1 Å². The van der Waals surface area contributed by atoms with Crippen molar-refractivity contribution in [3.63, 3.8) is 0 Å². The van der Waals surface area contributed by atoms with Crippen molar-refractivity contribution >= 4 is 11.6 Å². The Morgan fingerprint density at radius 3 is 2.62 bits per heavy atom. The predicted octanol–water partition coefficient (Wildman–Crippen LogP) is 1.47. The fourth-order valence-electron chi connectivity index (χ4n) is 3.20. The molecule has 1 N–H and O–H groups in total. The highest BCUT2D eigenvalue weighted by molar-refractivity contribution is 5.79. The van der Waals surface area contributed by atoms with E-state index in [0.717, 1.165) is 25.9 Å². The van der Waals surface area contributed by atoms with Gasteiger partial charge in [0.15, 0.2) is 0 Å². The molecule has 0 radical (unpaired) electrons. The van der Waals surface area contributed by atoms with Crippen LogP contribution in [0.1, 0.15) is 12.8 Å². The van der Waals surface area contributed by atoms with Crippen molar-refractivity contribution in [2.75, 3.05) is 44.2 Å². The molecule has 2 aliphatic rings. The van der Waals surface area contributed by atoms with Crippen LogP contribution in [0.3, 0.4) is 0 Å². The first-order chi connectivity index (χ1) is 10.3. The van der Waals surface area contributed by atoms with Gasteiger partial charge in [-0.15, -0.1) is 0 Å². The summed E-state index contributed by atoms with van der Waals surface area (Å²) in [5.41, 5.74) is 0.643. The van der Waals surface area contributed by atoms with E-state index in [1.165, 1.54) is 6.07 Å². The molecule has 0 aromatic heterocycles. The smallest absolute Gasteiger partial charge is 0.227 e. The number of piperazine rings is 1. The van der Waals surface area contributed by atoms with Crippen LogP contribution in [-0.2, 0) is 4.79 Å². The van der Waals surface area contributed by atoms with E-state index in [0.29, 0.717) is 31.9 Å². The molecule has 114 valence electrons. The molecule has 0 saturated carbocycles. The van der Waals surface area contributed by atoms with Crippen LogP contribution in [0.5, 0.6) is 0 Å². The SMILES string of the molecule is O=C(C1CCCNC1)N1CCN(c2ccccc2F)CC1. The first-order valence-corrected chi connectivity index (χ1v) is 7.74. The van der Waals surface area contributed by atoms with Gasteiger partial charge in [0.05, 0.1) is 11.6 Å². The Morgan fingerprint density at radius 2 is 1.95 bits per heavy atom. The Kier molecular flexibility index (Phi) is 4.39. The third-order valence-electron chi connectivity index (χ3n) is 4.43. The first kappa shape index (κ1) is 14.3. The number of nitrogens with one attached hydrogen (secondary N) is 1. The maximum Gasteiger partial charge on any atom is 0.227 e. The number of halogens is 1. The van der Waals surface area contributed by atoms with Crippen LogP contribution < -0.4 is 10.2 Å². The third kappa shape index (κ3) is 3.18. The Bertz CT molecular complexity index is 494. The van der Waals surface area contributed by atoms with Crippen molar-refractivity contribution in [2.24, 2.45) is 5.92 Å². The highest BCUT2D eigenvalue weighted by Gasteiger charge is 2.28. The average molecular weight is 291 g/mol. The highest BCUT2D eigenvalue weighted by Crippen LogP contribution is 2.21. The van der Waals surface area contributed by atoms with Gasteiger partial charge >= 0.3 is 0 Å². The number of amides is 1. The molecule has 1 atom stereocenters. The monoisotopic (exact) mass is 291 g/mol. The van der Waals surface area contributed by atoms with E-state index in [9.17, 15) is 9.18 Å². The molecule has 2 fully saturated rings. The minimum absolute atomic E-state index is 0.124. The Hall–Kier alpha value is -1.62. The lowest BCUT2D eigenvalue weighted by Crippen LogP contribution is -2.52. The third-order valence-corrected chi connectivity index (χ3v) is 4.43. The number of carbonyl (C=O) groups excluding carboxylic acids is 1. The summed E-state index contributed by atoms with van der Waals surface area (Å²) in [6.45, 7) is 4.59. The summed E-state index contributed by atoms with van der Waals surface area (Å²) in [5.74, 6) is 0.197. The molecule has 4 nitrogen and oxygen atoms in total. The molecule has 0 spiro atoms. The quantitative estimate of drug-likeness (QED) is 0.896. The fourth-order valence-corrected chi connectivity index (χ4v) is 3.20. The minimum atomic E-state index is -0.186. The van der Waals surface area contributed by atoms with Gasteiger partial charge in [0.25, 0.3) is 0 Å². The fraction of sp³-hybridized carbons (Fsp3) is 0.562. The molecular formula is C16H22FN3O. The molecule has 1 unspecified atom stereocenters. The zero-order valence-corrected chi connectivity index (χ0v) is 12.2. The number of anilines is 1. The normalized spacial score (nSPS) is 23.2. The van der Waals surface area contributed by atoms with Crippen LogP contribution in [0.4, 0.5) is 10.1 Å². The van der Waals surface area contributed by atoms with Crippen molar-refractivity contribution in [3.05, 3.63) is 30.1 Å². The minimum Gasteiger partial charge on any atom is -0.366 e. The molecule has 3 rings (SSSR count). The van der Waals surface area contributed by atoms with E-state index in [-0.39, 0.29) is 17.6 Å². The van der Waals surface area contributed by atoms with E-state index in [1.807, 2.05) is 15.9 Å². The van der Waals surface area contributed by atoms with Gasteiger partial charge in [-0.1, -0.05) is 12.1 Å². The largest absolute Gasteiger partial charge is 0.366 e. The molecular weight excluding hydrogens is 269 g/mol. The summed E-state index contributed by atoms with van der Waals surface area (Å²) < 4.78 is 13.8. The lowest BCUT2D eigenvalue weighted by atomic mass is 9.98. The van der Waals surface area contributed by atoms with Gasteiger partial charge in [-0.3, -0.25) is 4.79 Å². The molecule has 1 aromatic carbocycles. The van der Waals surface area contributed by atoms with Gasteiger partial charge in [-0.05, 0) is 31.5 Å². The second-order valence-corrected chi connectivity index (χ2v) is 5.81. The summed E-state index contributed by atoms with van der Waals surface area (Å²) in [5, 5.41) is 3.29. The molecule has 2 saturated heterocycles. The van der Waals surface area contributed by atoms with Crippen LogP contribution in [0, 0.1) is 11.7 Å². The number of para-hydroxylation sites is 1. The zero-order valence-electron chi connectivity index (χ0n) is 12.2. The summed E-state index contributed by atoms with van der Waals surface area (Å²) in [6, 6.07) is 6.84. The summed E-state index contributed by atoms with van der Waals surface area (Å²) in [6.07, 6.45) is 2.06. The van der Waals surface area contributed by atoms with Crippen molar-refractivity contribution in [2.45, 2.75) is 12.8 Å². The summed E-state index contributed by atoms with van der Waals surface area (Å²) in [4.78, 5) is 16.4. The van der Waals surface area contributed by atoms with E-state index >= 15 is 0 Å². The van der Waals surface area contributed by atoms with Crippen LogP contribution >= 0.6 is 0 Å². The predicted molar refractivity (Wildman–Crippen MR) is 80.8 cm³/mol. The number of rotatable bonds is 2. The van der Waals surface area contributed by atoms with Gasteiger partial charge in [-0.2, -0.15) is 0 Å². The van der Waals surface area contributed by atoms with Crippen molar-refractivity contribution in [1.29, 1.82) is 0 Å². The van der Waals surface area contributed by atoms with Crippen molar-refractivity contribution in [3.8, 4) is 0 Å². The Labute approximate surface area is 124 Å². The van der Waals surface area contributed by atoms with Crippen LogP contribution in [0.2, 0.25) is 0 Å². The molecule has 5 heteroatoms. The van der Waals surface area contributed by atoms with Gasteiger partial charge in [0.2, 0.25) is 5.91 Å². The molecule has 0 aliphatic carbocycles. The van der Waals surface area contributed by atoms with Crippen LogP contribution in [0.25, 0.3) is 0 Å². The number of hydrogen-bond donors (Lipinski definition) is 1. The topological polar surface area (TPSA) is 35.6 Å². The summed E-state index contributed by atoms with van der Waals surface area (Å²) in [7, 11) is 0. The molecule has 1 aromatic rings. The molecule has 0 bridgehead atoms. The standard InChI is InChI=1S/C16H22FN3O/c17-14-5-1-2-6-15(14)19-8-10-20(11-9-19)16(21)13-4-3-7-18-12-13/h1-2,5-6,13,18H,3-4,7-12H2. The Morgan fingerprint density at radius 1 is 1.19 bits per heavy atom. The van der Waals surface area contributed by atoms with Gasteiger partial charge in [-0.25, -0.2) is 4.39 Å². The number of hydrogen-bond acceptors (Lipinski definition) is 3. The molecule has 2 aliphatic heterocycles. The van der Waals surface area contributed by atoms with Crippen LogP contribution in [0.15, 0.2) is 24.3 Å². The number of nitrogens with zero attached hydrogens (tertiary/aromatic N) is 2. The molecule has 21 heavy (non-hydrogen) atoms. The second-order valence-electron chi connectivity index (χ2n) is 5.81. The maximum atomic E-state index is 13.8. The lowest BCUT2D eigenvalue weighted by Gasteiger charge is -2.38. The van der Waals surface area contributed by atoms with E-state index < -0.39 is 0 Å². The number of benzene rings is 1. The maximum absolute atomic E-state index is 13.8. The lowest BCUT2D eigenvalue weighted by molar-refractivity contribution is -0.136. The highest BCUT2D eigenvalue weighted by atomic mass is 19.1. The van der Waals surface area contributed by atoms with E-state index in [4.69, 9.17) is 0 Å². The average Bonchev–Trinajstić information content (AvgIpc) is 2.56. The van der Waals surface area contributed by atoms with E-state index in [1.54, 1.807) is 12.1 Å². The zero-order chi connectivity index (χ0) is 14.7. The van der Waals surface area contributed by atoms with Gasteiger partial charge < -0.3 is 15.1 Å². The van der Waals surface area contributed by atoms with Crippen molar-refractivity contribution in [1.82, 2.24) is 10.2 Å². The Balaban J connectivity index is 1.57. The number of piperidine rings is 1. The molecule has 1 amide bonds. The van der Waals surface area contributed by atoms with Gasteiger partial charge in [0.1, 0.15) is 5.82 Å².